The number of nitrogens with zero attached hydrogens (tertiary/aromatic N) is 1. The highest BCUT2D eigenvalue weighted by atomic mass is 16.3. The van der Waals surface area contributed by atoms with Gasteiger partial charge in [0, 0.05) is 25.7 Å². The van der Waals surface area contributed by atoms with E-state index in [4.69, 9.17) is 0 Å². The van der Waals surface area contributed by atoms with Crippen LogP contribution in [0.4, 0.5) is 11.4 Å². The fourth-order valence-corrected chi connectivity index (χ4v) is 2.01. The van der Waals surface area contributed by atoms with E-state index in [9.17, 15) is 10.2 Å². The second-order valence-electron chi connectivity index (χ2n) is 4.86. The Morgan fingerprint density at radius 1 is 1.44 bits per heavy atom. The number of rotatable bonds is 2. The van der Waals surface area contributed by atoms with Gasteiger partial charge in [-0.25, -0.2) is 0 Å². The molecule has 0 unspecified atom stereocenters. The van der Waals surface area contributed by atoms with Gasteiger partial charge in [0.2, 0.25) is 0 Å². The van der Waals surface area contributed by atoms with Gasteiger partial charge in [0.15, 0.2) is 0 Å². The van der Waals surface area contributed by atoms with Gasteiger partial charge in [-0.1, -0.05) is 0 Å². The number of fused-ring (bicyclic) bond motifs is 1. The lowest BCUT2D eigenvalue weighted by atomic mass is 10.1. The lowest BCUT2D eigenvalue weighted by Gasteiger charge is -2.35. The Hall–Kier alpha value is -1.42. The average Bonchev–Trinajstić information content (AvgIpc) is 2.17. The Morgan fingerprint density at radius 2 is 2.19 bits per heavy atom. The molecule has 3 N–H and O–H groups in total. The number of hydrogen-bond donors (Lipinski definition) is 3. The van der Waals surface area contributed by atoms with E-state index >= 15 is 0 Å². The highest BCUT2D eigenvalue weighted by molar-refractivity contribution is 5.73. The van der Waals surface area contributed by atoms with Crippen molar-refractivity contribution in [3.05, 3.63) is 18.2 Å². The van der Waals surface area contributed by atoms with E-state index in [0.717, 1.165) is 24.5 Å². The zero-order chi connectivity index (χ0) is 11.8. The van der Waals surface area contributed by atoms with E-state index in [2.05, 4.69) is 10.2 Å². The molecule has 1 aliphatic rings. The fourth-order valence-electron chi connectivity index (χ4n) is 2.01. The summed E-state index contributed by atoms with van der Waals surface area (Å²) in [5.74, 6) is 0.253. The smallest absolute Gasteiger partial charge is 0.117 e. The molecular formula is C12H18N2O2. The minimum Gasteiger partial charge on any atom is -0.508 e. The van der Waals surface area contributed by atoms with Crippen LogP contribution in [0, 0.1) is 0 Å². The Labute approximate surface area is 95.5 Å². The van der Waals surface area contributed by atoms with Gasteiger partial charge in [-0.05, 0) is 26.0 Å². The van der Waals surface area contributed by atoms with Gasteiger partial charge in [-0.3, -0.25) is 0 Å². The van der Waals surface area contributed by atoms with Crippen LogP contribution >= 0.6 is 0 Å². The first-order chi connectivity index (χ1) is 7.46. The summed E-state index contributed by atoms with van der Waals surface area (Å²) in [6.07, 6.45) is 0. The van der Waals surface area contributed by atoms with Crippen LogP contribution in [-0.4, -0.2) is 35.4 Å². The van der Waals surface area contributed by atoms with Gasteiger partial charge in [0.25, 0.3) is 0 Å². The molecule has 1 aromatic carbocycles. The maximum absolute atomic E-state index is 9.84. The summed E-state index contributed by atoms with van der Waals surface area (Å²) in [6, 6.07) is 5.26. The van der Waals surface area contributed by atoms with Crippen LogP contribution < -0.4 is 10.2 Å². The molecule has 1 aromatic rings. The maximum atomic E-state index is 9.84. The van der Waals surface area contributed by atoms with Crippen LogP contribution in [-0.2, 0) is 0 Å². The second kappa shape index (κ2) is 3.87. The molecule has 0 saturated carbocycles. The molecule has 16 heavy (non-hydrogen) atoms. The van der Waals surface area contributed by atoms with Gasteiger partial charge in [0.1, 0.15) is 5.75 Å². The van der Waals surface area contributed by atoms with Gasteiger partial charge in [-0.2, -0.15) is 0 Å². The Bertz CT molecular complexity index is 385. The molecule has 1 aliphatic heterocycles. The highest BCUT2D eigenvalue weighted by Gasteiger charge is 2.23. The first-order valence-corrected chi connectivity index (χ1v) is 5.50. The topological polar surface area (TPSA) is 55.7 Å². The molecule has 0 spiro atoms. The van der Waals surface area contributed by atoms with Crippen molar-refractivity contribution in [3.8, 4) is 5.75 Å². The van der Waals surface area contributed by atoms with Crippen LogP contribution in [0.15, 0.2) is 18.2 Å². The zero-order valence-electron chi connectivity index (χ0n) is 9.70. The highest BCUT2D eigenvalue weighted by Crippen LogP contribution is 2.32. The summed E-state index contributed by atoms with van der Waals surface area (Å²) < 4.78 is 0. The Balaban J connectivity index is 2.28. The summed E-state index contributed by atoms with van der Waals surface area (Å²) in [4.78, 5) is 2.09. The third kappa shape index (κ3) is 2.39. The van der Waals surface area contributed by atoms with E-state index in [1.807, 2.05) is 6.07 Å². The van der Waals surface area contributed by atoms with Crippen molar-refractivity contribution in [3.63, 3.8) is 0 Å². The molecule has 0 amide bonds. The van der Waals surface area contributed by atoms with Crippen molar-refractivity contribution >= 4 is 11.4 Å². The van der Waals surface area contributed by atoms with Crippen molar-refractivity contribution in [2.75, 3.05) is 29.9 Å². The second-order valence-corrected chi connectivity index (χ2v) is 4.86. The minimum absolute atomic E-state index is 0.253. The number of aliphatic hydroxyl groups is 1. The number of anilines is 2. The van der Waals surface area contributed by atoms with Crippen LogP contribution in [0.25, 0.3) is 0 Å². The number of β-amino-alcohol motifs (C(OH)–C–C–N with tert-alkyl or cyclic N) is 1. The van der Waals surface area contributed by atoms with Crippen molar-refractivity contribution in [1.82, 2.24) is 0 Å². The van der Waals surface area contributed by atoms with Crippen LogP contribution in [0.2, 0.25) is 0 Å². The average molecular weight is 222 g/mol. The minimum atomic E-state index is -0.736. The summed E-state index contributed by atoms with van der Waals surface area (Å²) in [5, 5.41) is 22.6. The zero-order valence-corrected chi connectivity index (χ0v) is 9.70. The number of phenolic OH excluding ortho intramolecular Hbond substituents is 1. The lowest BCUT2D eigenvalue weighted by molar-refractivity contribution is 0.0874. The third-order valence-corrected chi connectivity index (χ3v) is 2.60. The molecule has 1 heterocycles. The predicted octanol–water partition coefficient (Wildman–Crippen LogP) is 1.39. The van der Waals surface area contributed by atoms with Crippen molar-refractivity contribution in [1.29, 1.82) is 0 Å². The summed E-state index contributed by atoms with van der Waals surface area (Å²) >= 11 is 0. The van der Waals surface area contributed by atoms with Crippen LogP contribution in [0.1, 0.15) is 13.8 Å². The summed E-state index contributed by atoms with van der Waals surface area (Å²) in [5.41, 5.74) is 1.22. The van der Waals surface area contributed by atoms with Gasteiger partial charge >= 0.3 is 0 Å². The van der Waals surface area contributed by atoms with Gasteiger partial charge < -0.3 is 20.4 Å². The molecule has 0 saturated heterocycles. The molecule has 0 aliphatic carbocycles. The molecule has 0 fully saturated rings. The third-order valence-electron chi connectivity index (χ3n) is 2.60. The SMILES string of the molecule is CC(C)(O)CN1CCNc2ccc(O)cc21. The molecule has 0 radical (unpaired) electrons. The molecule has 0 atom stereocenters. The van der Waals surface area contributed by atoms with E-state index in [1.165, 1.54) is 0 Å². The van der Waals surface area contributed by atoms with Crippen molar-refractivity contribution in [2.45, 2.75) is 19.4 Å². The Kier molecular flexibility index (Phi) is 2.68. The standard InChI is InChI=1S/C12H18N2O2/c1-12(2,16)8-14-6-5-13-10-4-3-9(15)7-11(10)14/h3-4,7,13,15-16H,5-6,8H2,1-2H3. The molecule has 4 heteroatoms. The number of benzene rings is 1. The van der Waals surface area contributed by atoms with Crippen molar-refractivity contribution < 1.29 is 10.2 Å². The monoisotopic (exact) mass is 222 g/mol. The van der Waals surface area contributed by atoms with Crippen molar-refractivity contribution in [2.24, 2.45) is 0 Å². The van der Waals surface area contributed by atoms with Crippen LogP contribution in [0.3, 0.4) is 0 Å². The Morgan fingerprint density at radius 3 is 2.88 bits per heavy atom. The predicted molar refractivity (Wildman–Crippen MR) is 65.1 cm³/mol. The lowest BCUT2D eigenvalue weighted by Crippen LogP contribution is -2.43. The van der Waals surface area contributed by atoms with E-state index in [-0.39, 0.29) is 5.75 Å². The molecular weight excluding hydrogens is 204 g/mol. The molecule has 4 nitrogen and oxygen atoms in total. The van der Waals surface area contributed by atoms with E-state index < -0.39 is 5.60 Å². The molecule has 0 aromatic heterocycles. The fraction of sp³-hybridized carbons (Fsp3) is 0.500. The molecule has 2 rings (SSSR count). The molecule has 88 valence electrons. The maximum Gasteiger partial charge on any atom is 0.117 e. The number of aromatic hydroxyl groups is 1. The normalized spacial score (nSPS) is 15.6. The van der Waals surface area contributed by atoms with Gasteiger partial charge in [0.05, 0.1) is 17.0 Å². The number of nitrogens with one attached hydrogen (secondary N) is 1. The van der Waals surface area contributed by atoms with Gasteiger partial charge in [-0.15, -0.1) is 0 Å². The number of phenols is 1. The number of hydrogen-bond acceptors (Lipinski definition) is 4. The summed E-state index contributed by atoms with van der Waals surface area (Å²) in [6.45, 7) is 5.83. The van der Waals surface area contributed by atoms with E-state index in [1.54, 1.807) is 26.0 Å². The first-order valence-electron chi connectivity index (χ1n) is 5.50. The first kappa shape index (κ1) is 11.1. The largest absolute Gasteiger partial charge is 0.508 e. The quantitative estimate of drug-likeness (QED) is 0.662. The van der Waals surface area contributed by atoms with Crippen LogP contribution in [0.5, 0.6) is 5.75 Å². The summed E-state index contributed by atoms with van der Waals surface area (Å²) in [7, 11) is 0. The van der Waals surface area contributed by atoms with E-state index in [0.29, 0.717) is 6.54 Å². The molecule has 0 bridgehead atoms.